The number of unbranched alkanes of at least 4 members (excludes halogenated alkanes) is 10. The van der Waals surface area contributed by atoms with Gasteiger partial charge in [-0.1, -0.05) is 175 Å². The van der Waals surface area contributed by atoms with Gasteiger partial charge >= 0.3 is 0 Å². The van der Waals surface area contributed by atoms with Crippen LogP contribution in [0.3, 0.4) is 0 Å². The van der Waals surface area contributed by atoms with Crippen molar-refractivity contribution in [3.63, 3.8) is 0 Å². The minimum atomic E-state index is 0. The van der Waals surface area contributed by atoms with Gasteiger partial charge in [0.15, 0.2) is 0 Å². The standard InChI is InChI=1S/C29H42.2C2H6.CH4/c1-3-5-7-9-11-17-23-29(24-18-12-10-8-6-4-2)27-21-15-13-19-25(27)26-20-14-16-22-28(26)29;2*1-2;/h13-16,19-22H,3-12,17-18,23-24H2,1-2H3;2*1-2H3;1H4. The number of hydrogen-bond donors (Lipinski definition) is 0. The Kier molecular flexibility index (Phi) is 18.8. The Morgan fingerprint density at radius 2 is 0.794 bits per heavy atom. The number of fused-ring (bicyclic) bond motifs is 3. The van der Waals surface area contributed by atoms with Crippen LogP contribution in [0.2, 0.25) is 0 Å². The summed E-state index contributed by atoms with van der Waals surface area (Å²) in [5.74, 6) is 0. The molecule has 2 aromatic carbocycles. The molecule has 0 bridgehead atoms. The highest BCUT2D eigenvalue weighted by molar-refractivity contribution is 5.80. The van der Waals surface area contributed by atoms with Crippen LogP contribution in [-0.4, -0.2) is 0 Å². The lowest BCUT2D eigenvalue weighted by Crippen LogP contribution is -2.25. The predicted octanol–water partition coefficient (Wildman–Crippen LogP) is 12.1. The molecule has 0 heterocycles. The van der Waals surface area contributed by atoms with Gasteiger partial charge < -0.3 is 0 Å². The smallest absolute Gasteiger partial charge is 0.0215 e. The first-order valence-electron chi connectivity index (χ1n) is 14.5. The van der Waals surface area contributed by atoms with E-state index in [-0.39, 0.29) is 12.8 Å². The van der Waals surface area contributed by atoms with E-state index in [1.807, 2.05) is 27.7 Å². The lowest BCUT2D eigenvalue weighted by Gasteiger charge is -2.33. The Hall–Kier alpha value is -1.56. The maximum absolute atomic E-state index is 2.43. The minimum Gasteiger partial charge on any atom is -0.0776 e. The van der Waals surface area contributed by atoms with Gasteiger partial charge in [0, 0.05) is 5.41 Å². The van der Waals surface area contributed by atoms with Crippen molar-refractivity contribution < 1.29 is 0 Å². The first kappa shape index (κ1) is 32.4. The molecule has 0 saturated carbocycles. The summed E-state index contributed by atoms with van der Waals surface area (Å²) in [5, 5.41) is 0. The highest BCUT2D eigenvalue weighted by atomic mass is 14.4. The second-order valence-electron chi connectivity index (χ2n) is 9.21. The summed E-state index contributed by atoms with van der Waals surface area (Å²) in [6.45, 7) is 12.6. The first-order chi connectivity index (χ1) is 16.3. The minimum absolute atomic E-state index is 0. The van der Waals surface area contributed by atoms with Crippen LogP contribution in [0.1, 0.15) is 150 Å². The average molecular weight is 467 g/mol. The number of rotatable bonds is 14. The van der Waals surface area contributed by atoms with E-state index in [9.17, 15) is 0 Å². The molecule has 0 heteroatoms. The fourth-order valence-electron chi connectivity index (χ4n) is 5.49. The van der Waals surface area contributed by atoms with E-state index in [4.69, 9.17) is 0 Å². The van der Waals surface area contributed by atoms with Gasteiger partial charge in [-0.3, -0.25) is 0 Å². The predicted molar refractivity (Wildman–Crippen MR) is 158 cm³/mol. The van der Waals surface area contributed by atoms with Crippen molar-refractivity contribution in [3.05, 3.63) is 59.7 Å². The van der Waals surface area contributed by atoms with E-state index in [1.54, 1.807) is 11.1 Å². The van der Waals surface area contributed by atoms with Crippen molar-refractivity contribution in [2.75, 3.05) is 0 Å². The molecule has 0 aromatic heterocycles. The highest BCUT2D eigenvalue weighted by Crippen LogP contribution is 2.53. The molecule has 34 heavy (non-hydrogen) atoms. The fourth-order valence-corrected chi connectivity index (χ4v) is 5.49. The molecule has 0 aliphatic heterocycles. The van der Waals surface area contributed by atoms with Gasteiger partial charge in [0.25, 0.3) is 0 Å². The normalized spacial score (nSPS) is 12.3. The van der Waals surface area contributed by atoms with Crippen LogP contribution in [0.25, 0.3) is 11.1 Å². The van der Waals surface area contributed by atoms with Crippen LogP contribution >= 0.6 is 0 Å². The SMILES string of the molecule is C.CC.CC.CCCCCCCCC1(CCCCCCCC)c2ccccc2-c2ccccc21. The van der Waals surface area contributed by atoms with Gasteiger partial charge in [0.1, 0.15) is 0 Å². The lowest BCUT2D eigenvalue weighted by molar-refractivity contribution is 0.398. The Balaban J connectivity index is 0.00000207. The molecular weight excluding hydrogens is 408 g/mol. The summed E-state index contributed by atoms with van der Waals surface area (Å²) in [7, 11) is 0. The van der Waals surface area contributed by atoms with Crippen LogP contribution in [0.4, 0.5) is 0 Å². The molecule has 2 aromatic rings. The van der Waals surface area contributed by atoms with Crippen molar-refractivity contribution in [2.45, 2.75) is 144 Å². The van der Waals surface area contributed by atoms with E-state index < -0.39 is 0 Å². The fraction of sp³-hybridized carbons (Fsp3) is 0.647. The monoisotopic (exact) mass is 466 g/mol. The molecule has 0 radical (unpaired) electrons. The summed E-state index contributed by atoms with van der Waals surface area (Å²) < 4.78 is 0. The Labute approximate surface area is 215 Å². The summed E-state index contributed by atoms with van der Waals surface area (Å²) in [6.07, 6.45) is 19.3. The highest BCUT2D eigenvalue weighted by Gasteiger charge is 2.41. The molecule has 3 rings (SSSR count). The molecule has 0 atom stereocenters. The van der Waals surface area contributed by atoms with Crippen LogP contribution in [0.15, 0.2) is 48.5 Å². The topological polar surface area (TPSA) is 0 Å². The molecule has 1 aliphatic rings. The maximum atomic E-state index is 2.43. The Morgan fingerprint density at radius 1 is 0.471 bits per heavy atom. The molecule has 0 unspecified atom stereocenters. The third-order valence-corrected chi connectivity index (χ3v) is 7.09. The number of benzene rings is 2. The molecule has 0 N–H and O–H groups in total. The summed E-state index contributed by atoms with van der Waals surface area (Å²) in [4.78, 5) is 0. The summed E-state index contributed by atoms with van der Waals surface area (Å²) >= 11 is 0. The average Bonchev–Trinajstić information content (AvgIpc) is 3.16. The molecule has 194 valence electrons. The van der Waals surface area contributed by atoms with Gasteiger partial charge in [0.05, 0.1) is 0 Å². The zero-order chi connectivity index (χ0) is 24.4. The van der Waals surface area contributed by atoms with E-state index in [1.165, 1.54) is 101 Å². The molecule has 0 saturated heterocycles. The molecule has 0 nitrogen and oxygen atoms in total. The third-order valence-electron chi connectivity index (χ3n) is 7.09. The maximum Gasteiger partial charge on any atom is 0.0215 e. The van der Waals surface area contributed by atoms with E-state index in [0.29, 0.717) is 0 Å². The quantitative estimate of drug-likeness (QED) is 0.243. The van der Waals surface area contributed by atoms with Crippen LogP contribution < -0.4 is 0 Å². The Bertz CT molecular complexity index is 663. The second kappa shape index (κ2) is 19.7. The van der Waals surface area contributed by atoms with Crippen molar-refractivity contribution in [3.8, 4) is 11.1 Å². The molecule has 0 fully saturated rings. The van der Waals surface area contributed by atoms with Gasteiger partial charge in [-0.15, -0.1) is 0 Å². The molecular formula is C34H58. The first-order valence-corrected chi connectivity index (χ1v) is 14.5. The molecule has 0 spiro atoms. The van der Waals surface area contributed by atoms with Crippen molar-refractivity contribution in [1.29, 1.82) is 0 Å². The van der Waals surface area contributed by atoms with Crippen LogP contribution in [0, 0.1) is 0 Å². The third kappa shape index (κ3) is 8.90. The van der Waals surface area contributed by atoms with Crippen LogP contribution in [0.5, 0.6) is 0 Å². The van der Waals surface area contributed by atoms with E-state index in [0.717, 1.165) is 0 Å². The largest absolute Gasteiger partial charge is 0.0776 e. The van der Waals surface area contributed by atoms with Crippen LogP contribution in [-0.2, 0) is 5.41 Å². The van der Waals surface area contributed by atoms with Crippen molar-refractivity contribution >= 4 is 0 Å². The van der Waals surface area contributed by atoms with Gasteiger partial charge in [0.2, 0.25) is 0 Å². The second-order valence-corrected chi connectivity index (χ2v) is 9.21. The zero-order valence-corrected chi connectivity index (χ0v) is 23.0. The van der Waals surface area contributed by atoms with Crippen molar-refractivity contribution in [1.82, 2.24) is 0 Å². The van der Waals surface area contributed by atoms with Gasteiger partial charge in [-0.05, 0) is 35.1 Å². The van der Waals surface area contributed by atoms with Crippen molar-refractivity contribution in [2.24, 2.45) is 0 Å². The lowest BCUT2D eigenvalue weighted by atomic mass is 9.70. The summed E-state index contributed by atoms with van der Waals surface area (Å²) in [5.41, 5.74) is 6.48. The number of hydrogen-bond acceptors (Lipinski definition) is 0. The van der Waals surface area contributed by atoms with E-state index >= 15 is 0 Å². The zero-order valence-electron chi connectivity index (χ0n) is 23.0. The van der Waals surface area contributed by atoms with Gasteiger partial charge in [-0.25, -0.2) is 0 Å². The van der Waals surface area contributed by atoms with E-state index in [2.05, 4.69) is 62.4 Å². The molecule has 0 amide bonds. The Morgan fingerprint density at radius 3 is 1.18 bits per heavy atom. The molecule has 1 aliphatic carbocycles. The summed E-state index contributed by atoms with van der Waals surface area (Å²) in [6, 6.07) is 18.6. The van der Waals surface area contributed by atoms with Gasteiger partial charge in [-0.2, -0.15) is 0 Å².